The first kappa shape index (κ1) is 18.6. The number of para-hydroxylation sites is 1. The second kappa shape index (κ2) is 7.68. The van der Waals surface area contributed by atoms with Gasteiger partial charge in [-0.3, -0.25) is 9.59 Å². The van der Waals surface area contributed by atoms with Gasteiger partial charge in [-0.1, -0.05) is 29.8 Å². The third-order valence-corrected chi connectivity index (χ3v) is 5.54. The van der Waals surface area contributed by atoms with Crippen LogP contribution in [0.1, 0.15) is 17.3 Å². The molecule has 6 heteroatoms. The number of carbonyl (C=O) groups excluding carboxylic acids is 1. The summed E-state index contributed by atoms with van der Waals surface area (Å²) in [7, 11) is 0. The topological polar surface area (TPSA) is 45.6 Å². The van der Waals surface area contributed by atoms with Crippen molar-refractivity contribution in [3.8, 4) is 0 Å². The van der Waals surface area contributed by atoms with Gasteiger partial charge in [0, 0.05) is 55.0 Å². The average molecular weight is 396 g/mol. The van der Waals surface area contributed by atoms with Gasteiger partial charge in [-0.05, 0) is 37.3 Å². The molecule has 0 aliphatic carbocycles. The molecule has 0 saturated carbocycles. The zero-order chi connectivity index (χ0) is 19.7. The first-order valence-electron chi connectivity index (χ1n) is 9.50. The van der Waals surface area contributed by atoms with Crippen molar-refractivity contribution in [2.45, 2.75) is 13.5 Å². The molecule has 28 heavy (non-hydrogen) atoms. The van der Waals surface area contributed by atoms with Crippen LogP contribution in [0.25, 0.3) is 10.9 Å². The molecule has 2 heterocycles. The number of halogens is 1. The summed E-state index contributed by atoms with van der Waals surface area (Å²) in [5.74, 6) is -0.207. The summed E-state index contributed by atoms with van der Waals surface area (Å²) >= 11 is 6.09. The van der Waals surface area contributed by atoms with Crippen LogP contribution in [0.15, 0.2) is 59.5 Å². The second-order valence-corrected chi connectivity index (χ2v) is 7.37. The minimum absolute atomic E-state index is 0.207. The molecule has 1 aliphatic heterocycles. The Morgan fingerprint density at radius 3 is 2.43 bits per heavy atom. The highest BCUT2D eigenvalue weighted by Crippen LogP contribution is 2.20. The number of hydrogen-bond acceptors (Lipinski definition) is 3. The number of amides is 1. The minimum atomic E-state index is -0.252. The largest absolute Gasteiger partial charge is 0.368 e. The second-order valence-electron chi connectivity index (χ2n) is 6.93. The highest BCUT2D eigenvalue weighted by Gasteiger charge is 2.25. The predicted molar refractivity (Wildman–Crippen MR) is 113 cm³/mol. The molecule has 2 aromatic carbocycles. The molecule has 0 unspecified atom stereocenters. The van der Waals surface area contributed by atoms with E-state index in [2.05, 4.69) is 17.0 Å². The summed E-state index contributed by atoms with van der Waals surface area (Å²) in [5.41, 5.74) is 1.91. The monoisotopic (exact) mass is 395 g/mol. The van der Waals surface area contributed by atoms with Crippen molar-refractivity contribution < 1.29 is 4.79 Å². The Hall–Kier alpha value is -2.79. The fourth-order valence-corrected chi connectivity index (χ4v) is 3.93. The van der Waals surface area contributed by atoms with Crippen LogP contribution in [0, 0.1) is 0 Å². The van der Waals surface area contributed by atoms with Crippen LogP contribution in [0.3, 0.4) is 0 Å². The quantitative estimate of drug-likeness (QED) is 0.680. The first-order valence-corrected chi connectivity index (χ1v) is 9.88. The average Bonchev–Trinajstić information content (AvgIpc) is 2.74. The molecule has 5 nitrogen and oxygen atoms in total. The summed E-state index contributed by atoms with van der Waals surface area (Å²) in [6.45, 7) is 5.33. The van der Waals surface area contributed by atoms with Gasteiger partial charge in [-0.25, -0.2) is 0 Å². The lowest BCUT2D eigenvalue weighted by atomic mass is 10.1. The lowest BCUT2D eigenvalue weighted by molar-refractivity contribution is 0.0745. The smallest absolute Gasteiger partial charge is 0.259 e. The zero-order valence-electron chi connectivity index (χ0n) is 15.8. The van der Waals surface area contributed by atoms with Gasteiger partial charge >= 0.3 is 0 Å². The van der Waals surface area contributed by atoms with Crippen molar-refractivity contribution >= 4 is 34.1 Å². The lowest BCUT2D eigenvalue weighted by Crippen LogP contribution is -2.49. The molecule has 0 radical (unpaired) electrons. The number of piperazine rings is 1. The van der Waals surface area contributed by atoms with Gasteiger partial charge in [0.05, 0.1) is 5.52 Å². The van der Waals surface area contributed by atoms with Gasteiger partial charge in [0.15, 0.2) is 0 Å². The van der Waals surface area contributed by atoms with Gasteiger partial charge in [-0.2, -0.15) is 0 Å². The van der Waals surface area contributed by atoms with Crippen LogP contribution in [-0.4, -0.2) is 41.6 Å². The van der Waals surface area contributed by atoms with E-state index in [0.29, 0.717) is 30.0 Å². The lowest BCUT2D eigenvalue weighted by Gasteiger charge is -2.36. The maximum Gasteiger partial charge on any atom is 0.259 e. The number of anilines is 1. The first-order chi connectivity index (χ1) is 13.6. The SMILES string of the molecule is CCn1cc(C(=O)N2CCN(c3ccccc3)CC2)c(=O)c2cc(Cl)ccc21. The molecule has 144 valence electrons. The summed E-state index contributed by atoms with van der Waals surface area (Å²) in [6, 6.07) is 15.4. The number of rotatable bonds is 3. The number of carbonyl (C=O) groups is 1. The highest BCUT2D eigenvalue weighted by molar-refractivity contribution is 6.31. The van der Waals surface area contributed by atoms with Crippen LogP contribution in [0.2, 0.25) is 5.02 Å². The Labute approximate surface area is 168 Å². The molecule has 0 atom stereocenters. The van der Waals surface area contributed by atoms with Crippen LogP contribution in [-0.2, 0) is 6.54 Å². The van der Waals surface area contributed by atoms with Crippen molar-refractivity contribution in [3.05, 3.63) is 75.5 Å². The fraction of sp³-hybridized carbons (Fsp3) is 0.273. The molecule has 4 rings (SSSR count). The van der Waals surface area contributed by atoms with Crippen molar-refractivity contribution in [3.63, 3.8) is 0 Å². The molecule has 1 fully saturated rings. The van der Waals surface area contributed by atoms with Crippen molar-refractivity contribution in [2.24, 2.45) is 0 Å². The predicted octanol–water partition coefficient (Wildman–Crippen LogP) is 3.64. The summed E-state index contributed by atoms with van der Waals surface area (Å²) in [4.78, 5) is 30.1. The van der Waals surface area contributed by atoms with E-state index in [1.807, 2.05) is 35.8 Å². The minimum Gasteiger partial charge on any atom is -0.368 e. The standard InChI is InChI=1S/C22H22ClN3O2/c1-2-24-15-19(21(27)18-14-16(23)8-9-20(18)24)22(28)26-12-10-25(11-13-26)17-6-4-3-5-7-17/h3-9,14-15H,2,10-13H2,1H3. The van der Waals surface area contributed by atoms with Crippen molar-refractivity contribution in [1.29, 1.82) is 0 Å². The molecule has 1 aromatic heterocycles. The van der Waals surface area contributed by atoms with Gasteiger partial charge in [0.1, 0.15) is 5.56 Å². The fourth-order valence-electron chi connectivity index (χ4n) is 3.76. The maximum atomic E-state index is 13.1. The molecule has 1 aliphatic rings. The van der Waals surface area contributed by atoms with E-state index in [0.717, 1.165) is 24.3 Å². The van der Waals surface area contributed by atoms with Crippen LogP contribution < -0.4 is 10.3 Å². The molecule has 1 amide bonds. The Balaban J connectivity index is 1.61. The maximum absolute atomic E-state index is 13.1. The number of hydrogen-bond donors (Lipinski definition) is 0. The Bertz CT molecular complexity index is 1070. The molecule has 0 bridgehead atoms. The third kappa shape index (κ3) is 3.38. The van der Waals surface area contributed by atoms with Crippen LogP contribution >= 0.6 is 11.6 Å². The van der Waals surface area contributed by atoms with E-state index >= 15 is 0 Å². The summed E-state index contributed by atoms with van der Waals surface area (Å²) in [6.07, 6.45) is 1.68. The van der Waals surface area contributed by atoms with E-state index in [9.17, 15) is 9.59 Å². The third-order valence-electron chi connectivity index (χ3n) is 5.30. The Morgan fingerprint density at radius 1 is 1.04 bits per heavy atom. The van der Waals surface area contributed by atoms with E-state index < -0.39 is 0 Å². The molecule has 0 spiro atoms. The number of nitrogens with zero attached hydrogens (tertiary/aromatic N) is 3. The van der Waals surface area contributed by atoms with E-state index in [4.69, 9.17) is 11.6 Å². The summed E-state index contributed by atoms with van der Waals surface area (Å²) in [5, 5.41) is 0.983. The number of pyridine rings is 1. The Morgan fingerprint density at radius 2 is 1.75 bits per heavy atom. The van der Waals surface area contributed by atoms with Gasteiger partial charge in [0.25, 0.3) is 5.91 Å². The Kier molecular flexibility index (Phi) is 5.09. The molecular formula is C22H22ClN3O2. The van der Waals surface area contributed by atoms with Crippen molar-refractivity contribution in [2.75, 3.05) is 31.1 Å². The molecular weight excluding hydrogens is 374 g/mol. The zero-order valence-corrected chi connectivity index (χ0v) is 16.5. The van der Waals surface area contributed by atoms with E-state index in [1.54, 1.807) is 23.2 Å². The summed E-state index contributed by atoms with van der Waals surface area (Å²) < 4.78 is 1.93. The van der Waals surface area contributed by atoms with Crippen molar-refractivity contribution in [1.82, 2.24) is 9.47 Å². The van der Waals surface area contributed by atoms with Gasteiger partial charge in [0.2, 0.25) is 5.43 Å². The van der Waals surface area contributed by atoms with E-state index in [-0.39, 0.29) is 16.9 Å². The van der Waals surface area contributed by atoms with Crippen LogP contribution in [0.4, 0.5) is 5.69 Å². The molecule has 0 N–H and O–H groups in total. The number of aryl methyl sites for hydroxylation is 1. The molecule has 3 aromatic rings. The van der Waals surface area contributed by atoms with Gasteiger partial charge < -0.3 is 14.4 Å². The number of benzene rings is 2. The number of aromatic nitrogens is 1. The number of fused-ring (bicyclic) bond motifs is 1. The van der Waals surface area contributed by atoms with Crippen LogP contribution in [0.5, 0.6) is 0 Å². The normalized spacial score (nSPS) is 14.5. The van der Waals surface area contributed by atoms with E-state index in [1.165, 1.54) is 0 Å². The molecule has 1 saturated heterocycles. The highest BCUT2D eigenvalue weighted by atomic mass is 35.5. The van der Waals surface area contributed by atoms with Gasteiger partial charge in [-0.15, -0.1) is 0 Å².